The Labute approximate surface area is 199 Å². The molecule has 0 fully saturated rings. The highest BCUT2D eigenvalue weighted by atomic mass is 35.5. The van der Waals surface area contributed by atoms with Crippen molar-refractivity contribution in [2.45, 2.75) is 66.0 Å². The van der Waals surface area contributed by atoms with Crippen LogP contribution in [0.15, 0.2) is 36.4 Å². The van der Waals surface area contributed by atoms with Gasteiger partial charge in [-0.2, -0.15) is 0 Å². The van der Waals surface area contributed by atoms with E-state index in [4.69, 9.17) is 27.9 Å². The molecular weight excluding hydrogens is 427 g/mol. The standard InChI is InChI=1S/C26H38Cl2N2O/c1-4-6-14-30(15-7-5-2)16-8-13-29-19-23-17-24(27)18-25(28)26(23)31-20-22-11-9-21(3)10-12-22/h9-12,17-18,29H,4-8,13-16,19-20H2,1-3H3. The van der Waals surface area contributed by atoms with Crippen molar-refractivity contribution in [3.05, 3.63) is 63.1 Å². The highest BCUT2D eigenvalue weighted by Gasteiger charge is 2.11. The molecule has 0 radical (unpaired) electrons. The molecule has 2 aromatic carbocycles. The van der Waals surface area contributed by atoms with Gasteiger partial charge in [0.25, 0.3) is 0 Å². The quantitative estimate of drug-likeness (QED) is 0.280. The van der Waals surface area contributed by atoms with Gasteiger partial charge in [-0.05, 0) is 70.1 Å². The number of halogens is 2. The zero-order chi connectivity index (χ0) is 22.5. The normalized spacial score (nSPS) is 11.3. The van der Waals surface area contributed by atoms with E-state index in [1.807, 2.05) is 6.07 Å². The third-order valence-electron chi connectivity index (χ3n) is 5.39. The van der Waals surface area contributed by atoms with Gasteiger partial charge in [-0.25, -0.2) is 0 Å². The van der Waals surface area contributed by atoms with Crippen LogP contribution in [0.5, 0.6) is 5.75 Å². The topological polar surface area (TPSA) is 24.5 Å². The van der Waals surface area contributed by atoms with Crippen molar-refractivity contribution in [2.24, 2.45) is 0 Å². The van der Waals surface area contributed by atoms with Gasteiger partial charge in [0.05, 0.1) is 5.02 Å². The first-order valence-electron chi connectivity index (χ1n) is 11.6. The van der Waals surface area contributed by atoms with Crippen molar-refractivity contribution in [2.75, 3.05) is 26.2 Å². The molecule has 3 nitrogen and oxygen atoms in total. The number of nitrogens with zero attached hydrogens (tertiary/aromatic N) is 1. The number of nitrogens with one attached hydrogen (secondary N) is 1. The fraction of sp³-hybridized carbons (Fsp3) is 0.538. The maximum absolute atomic E-state index is 6.46. The summed E-state index contributed by atoms with van der Waals surface area (Å²) in [5.74, 6) is 0.714. The number of rotatable bonds is 15. The van der Waals surface area contributed by atoms with Crippen molar-refractivity contribution in [3.8, 4) is 5.75 Å². The second-order valence-electron chi connectivity index (χ2n) is 8.23. The molecule has 2 aromatic rings. The maximum atomic E-state index is 6.46. The van der Waals surface area contributed by atoms with Gasteiger partial charge in [0.1, 0.15) is 12.4 Å². The first-order chi connectivity index (χ1) is 15.0. The van der Waals surface area contributed by atoms with Crippen molar-refractivity contribution >= 4 is 23.2 Å². The number of hydrogen-bond acceptors (Lipinski definition) is 3. The highest BCUT2D eigenvalue weighted by molar-refractivity contribution is 6.35. The van der Waals surface area contributed by atoms with Crippen LogP contribution in [0.3, 0.4) is 0 Å². The van der Waals surface area contributed by atoms with E-state index in [0.717, 1.165) is 30.6 Å². The average molecular weight is 466 g/mol. The molecule has 0 aliphatic heterocycles. The van der Waals surface area contributed by atoms with Crippen LogP contribution in [-0.4, -0.2) is 31.1 Å². The molecule has 0 saturated carbocycles. The second kappa shape index (κ2) is 14.7. The molecule has 172 valence electrons. The molecule has 1 N–H and O–H groups in total. The predicted octanol–water partition coefficient (Wildman–Crippen LogP) is 7.26. The second-order valence-corrected chi connectivity index (χ2v) is 9.07. The molecule has 0 aromatic heterocycles. The molecule has 0 aliphatic carbocycles. The number of hydrogen-bond donors (Lipinski definition) is 1. The molecule has 0 atom stereocenters. The Bertz CT molecular complexity index is 757. The van der Waals surface area contributed by atoms with E-state index in [1.54, 1.807) is 6.07 Å². The zero-order valence-electron chi connectivity index (χ0n) is 19.4. The Kier molecular flexibility index (Phi) is 12.4. The summed E-state index contributed by atoms with van der Waals surface area (Å²) >= 11 is 12.7. The van der Waals surface area contributed by atoms with Crippen LogP contribution >= 0.6 is 23.2 Å². The Morgan fingerprint density at radius 3 is 2.19 bits per heavy atom. The van der Waals surface area contributed by atoms with Crippen LogP contribution in [0, 0.1) is 6.92 Å². The lowest BCUT2D eigenvalue weighted by molar-refractivity contribution is 0.260. The molecule has 0 saturated heterocycles. The van der Waals surface area contributed by atoms with Crippen LogP contribution in [0.4, 0.5) is 0 Å². The summed E-state index contributed by atoms with van der Waals surface area (Å²) < 4.78 is 6.09. The predicted molar refractivity (Wildman–Crippen MR) is 135 cm³/mol. The molecule has 2 rings (SSSR count). The molecule has 0 spiro atoms. The smallest absolute Gasteiger partial charge is 0.142 e. The van der Waals surface area contributed by atoms with Gasteiger partial charge in [-0.15, -0.1) is 0 Å². The van der Waals surface area contributed by atoms with Gasteiger partial charge in [-0.1, -0.05) is 79.7 Å². The van der Waals surface area contributed by atoms with Crippen molar-refractivity contribution in [1.82, 2.24) is 10.2 Å². The summed E-state index contributed by atoms with van der Waals surface area (Å²) in [6, 6.07) is 12.0. The van der Waals surface area contributed by atoms with E-state index in [0.29, 0.717) is 28.9 Å². The Morgan fingerprint density at radius 2 is 1.55 bits per heavy atom. The minimum atomic E-state index is 0.485. The monoisotopic (exact) mass is 464 g/mol. The summed E-state index contributed by atoms with van der Waals surface area (Å²) in [5, 5.41) is 4.74. The first kappa shape index (κ1) is 26.0. The SMILES string of the molecule is CCCCN(CCCC)CCCNCc1cc(Cl)cc(Cl)c1OCc1ccc(C)cc1. The van der Waals surface area contributed by atoms with E-state index in [-0.39, 0.29) is 0 Å². The molecule has 5 heteroatoms. The highest BCUT2D eigenvalue weighted by Crippen LogP contribution is 2.33. The van der Waals surface area contributed by atoms with Gasteiger partial charge >= 0.3 is 0 Å². The van der Waals surface area contributed by atoms with Gasteiger partial charge in [0.2, 0.25) is 0 Å². The molecule has 0 unspecified atom stereocenters. The van der Waals surface area contributed by atoms with Gasteiger partial charge in [0, 0.05) is 17.1 Å². The minimum Gasteiger partial charge on any atom is -0.487 e. The van der Waals surface area contributed by atoms with Crippen LogP contribution < -0.4 is 10.1 Å². The largest absolute Gasteiger partial charge is 0.487 e. The van der Waals surface area contributed by atoms with E-state index >= 15 is 0 Å². The first-order valence-corrected chi connectivity index (χ1v) is 12.4. The van der Waals surface area contributed by atoms with E-state index in [2.05, 4.69) is 55.3 Å². The lowest BCUT2D eigenvalue weighted by Gasteiger charge is -2.22. The van der Waals surface area contributed by atoms with Gasteiger partial charge in [-0.3, -0.25) is 0 Å². The maximum Gasteiger partial charge on any atom is 0.142 e. The number of benzene rings is 2. The fourth-order valence-electron chi connectivity index (χ4n) is 3.50. The van der Waals surface area contributed by atoms with Crippen LogP contribution in [-0.2, 0) is 13.2 Å². The molecular formula is C26H38Cl2N2O. The van der Waals surface area contributed by atoms with Gasteiger partial charge in [0.15, 0.2) is 0 Å². The van der Waals surface area contributed by atoms with E-state index in [1.165, 1.54) is 44.3 Å². The number of ether oxygens (including phenoxy) is 1. The van der Waals surface area contributed by atoms with E-state index < -0.39 is 0 Å². The fourth-order valence-corrected chi connectivity index (χ4v) is 4.09. The third-order valence-corrected chi connectivity index (χ3v) is 5.89. The summed E-state index contributed by atoms with van der Waals surface area (Å²) in [4.78, 5) is 2.60. The Hall–Kier alpha value is -1.26. The summed E-state index contributed by atoms with van der Waals surface area (Å²) in [6.45, 7) is 12.3. The van der Waals surface area contributed by atoms with Crippen molar-refractivity contribution < 1.29 is 4.74 Å². The molecule has 0 heterocycles. The molecule has 31 heavy (non-hydrogen) atoms. The Morgan fingerprint density at radius 1 is 0.903 bits per heavy atom. The van der Waals surface area contributed by atoms with Gasteiger partial charge < -0.3 is 15.0 Å². The van der Waals surface area contributed by atoms with Crippen LogP contribution in [0.1, 0.15) is 62.6 Å². The van der Waals surface area contributed by atoms with Crippen LogP contribution in [0.25, 0.3) is 0 Å². The Balaban J connectivity index is 1.86. The van der Waals surface area contributed by atoms with Crippen molar-refractivity contribution in [1.29, 1.82) is 0 Å². The number of unbranched alkanes of at least 4 members (excludes halogenated alkanes) is 2. The summed E-state index contributed by atoms with van der Waals surface area (Å²) in [5.41, 5.74) is 3.36. The molecule has 0 aliphatic rings. The molecule has 0 amide bonds. The lowest BCUT2D eigenvalue weighted by atomic mass is 10.1. The third kappa shape index (κ3) is 9.82. The lowest BCUT2D eigenvalue weighted by Crippen LogP contribution is -2.29. The number of aryl methyl sites for hydroxylation is 1. The zero-order valence-corrected chi connectivity index (χ0v) is 20.9. The average Bonchev–Trinajstić information content (AvgIpc) is 2.75. The van der Waals surface area contributed by atoms with Crippen molar-refractivity contribution in [3.63, 3.8) is 0 Å². The van der Waals surface area contributed by atoms with Crippen LogP contribution in [0.2, 0.25) is 10.0 Å². The molecule has 0 bridgehead atoms. The minimum absolute atomic E-state index is 0.485. The summed E-state index contributed by atoms with van der Waals surface area (Å²) in [6.07, 6.45) is 6.19. The van der Waals surface area contributed by atoms with E-state index in [9.17, 15) is 0 Å². The summed E-state index contributed by atoms with van der Waals surface area (Å²) in [7, 11) is 0.